The van der Waals surface area contributed by atoms with Crippen molar-refractivity contribution in [3.63, 3.8) is 0 Å². The lowest BCUT2D eigenvalue weighted by Crippen LogP contribution is -2.50. The first-order valence-corrected chi connectivity index (χ1v) is 6.67. The zero-order chi connectivity index (χ0) is 10.8. The van der Waals surface area contributed by atoms with Gasteiger partial charge in [0.2, 0.25) is 0 Å². The highest BCUT2D eigenvalue weighted by molar-refractivity contribution is 5.27. The summed E-state index contributed by atoms with van der Waals surface area (Å²) in [5.74, 6) is 3.94. The summed E-state index contributed by atoms with van der Waals surface area (Å²) in [4.78, 5) is 0. The Kier molecular flexibility index (Phi) is 1.92. The molecule has 0 spiro atoms. The number of allylic oxidation sites excluding steroid dienone is 2. The minimum Gasteiger partial charge on any atom is -0.0767 e. The van der Waals surface area contributed by atoms with E-state index in [0.29, 0.717) is 5.41 Å². The third kappa shape index (κ3) is 1.26. The maximum absolute atomic E-state index is 2.55. The van der Waals surface area contributed by atoms with E-state index in [2.05, 4.69) is 27.7 Å². The van der Waals surface area contributed by atoms with Crippen molar-refractivity contribution in [2.45, 2.75) is 53.4 Å². The molecule has 4 aliphatic rings. The molecule has 0 aromatic heterocycles. The fourth-order valence-electron chi connectivity index (χ4n) is 5.17. The van der Waals surface area contributed by atoms with E-state index in [1.807, 2.05) is 5.57 Å². The first-order chi connectivity index (χ1) is 7.00. The molecule has 4 bridgehead atoms. The predicted molar refractivity (Wildman–Crippen MR) is 64.6 cm³/mol. The van der Waals surface area contributed by atoms with Crippen LogP contribution in [-0.2, 0) is 0 Å². The predicted octanol–water partition coefficient (Wildman–Crippen LogP) is 4.42. The molecule has 0 aromatic carbocycles. The molecule has 15 heavy (non-hydrogen) atoms. The molecular formula is C15H24. The highest BCUT2D eigenvalue weighted by Gasteiger charge is 2.54. The molecule has 0 radical (unpaired) electrons. The Morgan fingerprint density at radius 3 is 2.60 bits per heavy atom. The molecule has 0 heteroatoms. The van der Waals surface area contributed by atoms with Crippen molar-refractivity contribution in [2.75, 3.05) is 0 Å². The quantitative estimate of drug-likeness (QED) is 0.513. The molecule has 0 amide bonds. The van der Waals surface area contributed by atoms with E-state index in [4.69, 9.17) is 0 Å². The van der Waals surface area contributed by atoms with E-state index < -0.39 is 0 Å². The van der Waals surface area contributed by atoms with Gasteiger partial charge in [-0.05, 0) is 68.6 Å². The van der Waals surface area contributed by atoms with Gasteiger partial charge in [-0.3, -0.25) is 0 Å². The van der Waals surface area contributed by atoms with E-state index in [0.717, 1.165) is 23.7 Å². The number of hydrogen-bond donors (Lipinski definition) is 0. The summed E-state index contributed by atoms with van der Waals surface area (Å²) < 4.78 is 0. The summed E-state index contributed by atoms with van der Waals surface area (Å²) >= 11 is 0. The molecule has 4 aliphatic carbocycles. The van der Waals surface area contributed by atoms with Gasteiger partial charge in [-0.1, -0.05) is 25.0 Å². The lowest BCUT2D eigenvalue weighted by atomic mass is 9.45. The van der Waals surface area contributed by atoms with Gasteiger partial charge in [0.15, 0.2) is 0 Å². The van der Waals surface area contributed by atoms with Gasteiger partial charge in [-0.25, -0.2) is 0 Å². The maximum atomic E-state index is 2.55. The fraction of sp³-hybridized carbons (Fsp3) is 0.867. The van der Waals surface area contributed by atoms with Crippen molar-refractivity contribution in [3.05, 3.63) is 11.1 Å². The Balaban J connectivity index is 2.04. The van der Waals surface area contributed by atoms with Crippen LogP contribution in [0.15, 0.2) is 11.1 Å². The smallest absolute Gasteiger partial charge is 0.0164 e. The lowest BCUT2D eigenvalue weighted by Gasteiger charge is -2.60. The molecule has 4 saturated carbocycles. The molecule has 0 aliphatic heterocycles. The van der Waals surface area contributed by atoms with Gasteiger partial charge in [0.1, 0.15) is 0 Å². The van der Waals surface area contributed by atoms with Crippen LogP contribution in [-0.4, -0.2) is 0 Å². The van der Waals surface area contributed by atoms with Crippen LogP contribution < -0.4 is 0 Å². The van der Waals surface area contributed by atoms with Crippen molar-refractivity contribution < 1.29 is 0 Å². The highest BCUT2D eigenvalue weighted by atomic mass is 14.6. The average molecular weight is 204 g/mol. The minimum atomic E-state index is 0.712. The third-order valence-electron chi connectivity index (χ3n) is 5.59. The normalized spacial score (nSPS) is 52.4. The number of hydrogen-bond acceptors (Lipinski definition) is 0. The van der Waals surface area contributed by atoms with Crippen LogP contribution in [0.2, 0.25) is 0 Å². The molecule has 84 valence electrons. The van der Waals surface area contributed by atoms with Gasteiger partial charge >= 0.3 is 0 Å². The second-order valence-electron chi connectivity index (χ2n) is 7.04. The van der Waals surface area contributed by atoms with Crippen LogP contribution in [0.1, 0.15) is 53.4 Å². The summed E-state index contributed by atoms with van der Waals surface area (Å²) in [7, 11) is 0. The van der Waals surface area contributed by atoms with Crippen LogP contribution >= 0.6 is 0 Å². The van der Waals surface area contributed by atoms with Crippen LogP contribution in [0.5, 0.6) is 0 Å². The van der Waals surface area contributed by atoms with Gasteiger partial charge in [0.05, 0.1) is 0 Å². The lowest BCUT2D eigenvalue weighted by molar-refractivity contribution is -0.0415. The van der Waals surface area contributed by atoms with Gasteiger partial charge in [0, 0.05) is 0 Å². The van der Waals surface area contributed by atoms with Gasteiger partial charge in [-0.15, -0.1) is 0 Å². The summed E-state index contributed by atoms with van der Waals surface area (Å²) in [6.07, 6.45) is 6.01. The van der Waals surface area contributed by atoms with E-state index in [-0.39, 0.29) is 0 Å². The van der Waals surface area contributed by atoms with Gasteiger partial charge in [0.25, 0.3) is 0 Å². The first-order valence-electron chi connectivity index (χ1n) is 6.67. The van der Waals surface area contributed by atoms with Crippen LogP contribution in [0, 0.1) is 29.1 Å². The zero-order valence-corrected chi connectivity index (χ0v) is 10.6. The maximum Gasteiger partial charge on any atom is -0.0164 e. The van der Waals surface area contributed by atoms with E-state index >= 15 is 0 Å². The zero-order valence-electron chi connectivity index (χ0n) is 10.6. The molecular weight excluding hydrogens is 180 g/mol. The Bertz CT molecular complexity index is 321. The third-order valence-corrected chi connectivity index (χ3v) is 5.59. The van der Waals surface area contributed by atoms with E-state index in [1.54, 1.807) is 5.57 Å². The molecule has 0 nitrogen and oxygen atoms in total. The molecule has 0 N–H and O–H groups in total. The monoisotopic (exact) mass is 204 g/mol. The summed E-state index contributed by atoms with van der Waals surface area (Å²) in [6, 6.07) is 0. The van der Waals surface area contributed by atoms with E-state index in [9.17, 15) is 0 Å². The topological polar surface area (TPSA) is 0 Å². The second kappa shape index (κ2) is 2.90. The van der Waals surface area contributed by atoms with Crippen LogP contribution in [0.4, 0.5) is 0 Å². The summed E-state index contributed by atoms with van der Waals surface area (Å²) in [6.45, 7) is 9.74. The van der Waals surface area contributed by atoms with Crippen molar-refractivity contribution in [1.29, 1.82) is 0 Å². The van der Waals surface area contributed by atoms with Crippen LogP contribution in [0.3, 0.4) is 0 Å². The van der Waals surface area contributed by atoms with Crippen molar-refractivity contribution >= 4 is 0 Å². The second-order valence-corrected chi connectivity index (χ2v) is 7.04. The molecule has 5 unspecified atom stereocenters. The average Bonchev–Trinajstić information content (AvgIpc) is 2.10. The Labute approximate surface area is 94.1 Å². The molecule has 0 heterocycles. The molecule has 4 rings (SSSR count). The molecule has 4 fully saturated rings. The highest BCUT2D eigenvalue weighted by Crippen LogP contribution is 2.64. The Morgan fingerprint density at radius 1 is 1.20 bits per heavy atom. The first kappa shape index (κ1) is 9.93. The minimum absolute atomic E-state index is 0.712. The Morgan fingerprint density at radius 2 is 1.93 bits per heavy atom. The summed E-state index contributed by atoms with van der Waals surface area (Å²) in [5, 5.41) is 0. The molecule has 5 atom stereocenters. The van der Waals surface area contributed by atoms with E-state index in [1.165, 1.54) is 25.7 Å². The van der Waals surface area contributed by atoms with Crippen molar-refractivity contribution in [3.8, 4) is 0 Å². The number of rotatable bonds is 0. The van der Waals surface area contributed by atoms with Gasteiger partial charge < -0.3 is 0 Å². The van der Waals surface area contributed by atoms with Crippen molar-refractivity contribution in [2.24, 2.45) is 29.1 Å². The SMILES string of the molecule is CC(C)=C1C2CC3CC(C)(C2)CC1C3C. The van der Waals surface area contributed by atoms with Crippen molar-refractivity contribution in [1.82, 2.24) is 0 Å². The fourth-order valence-corrected chi connectivity index (χ4v) is 5.17. The van der Waals surface area contributed by atoms with Crippen LogP contribution in [0.25, 0.3) is 0 Å². The largest absolute Gasteiger partial charge is 0.0767 e. The molecule has 0 aromatic rings. The van der Waals surface area contributed by atoms with Gasteiger partial charge in [-0.2, -0.15) is 0 Å². The Hall–Kier alpha value is -0.260. The summed E-state index contributed by atoms with van der Waals surface area (Å²) in [5.41, 5.74) is 4.22. The molecule has 0 saturated heterocycles. The standard InChI is InChI=1S/C15H24/c1-9(2)14-12-5-11-6-15(4,7-12)8-13(14)10(11)3/h10-13H,5-8H2,1-4H3.